The Morgan fingerprint density at radius 3 is 2.47 bits per heavy atom. The summed E-state index contributed by atoms with van der Waals surface area (Å²) in [5, 5.41) is 5.71. The van der Waals surface area contributed by atoms with Gasteiger partial charge in [0.15, 0.2) is 5.65 Å². The molecule has 0 unspecified atom stereocenters. The number of aromatic nitrogens is 4. The van der Waals surface area contributed by atoms with Gasteiger partial charge in [0, 0.05) is 25.2 Å². The third kappa shape index (κ3) is 3.97. The van der Waals surface area contributed by atoms with E-state index in [0.29, 0.717) is 31.5 Å². The van der Waals surface area contributed by atoms with E-state index in [2.05, 4.69) is 34.1 Å². The van der Waals surface area contributed by atoms with Gasteiger partial charge in [-0.25, -0.2) is 4.68 Å². The molecule has 0 bridgehead atoms. The minimum Gasteiger partial charge on any atom is -0.497 e. The largest absolute Gasteiger partial charge is 0.497 e. The average molecular weight is 431 g/mol. The minimum absolute atomic E-state index is 0.438. The molecule has 0 atom stereocenters. The van der Waals surface area contributed by atoms with Crippen molar-refractivity contribution in [3.05, 3.63) is 60.2 Å². The van der Waals surface area contributed by atoms with Crippen molar-refractivity contribution in [3.8, 4) is 17.0 Å². The molecule has 8 heteroatoms. The minimum atomic E-state index is 0.438. The summed E-state index contributed by atoms with van der Waals surface area (Å²) in [6.45, 7) is 3.50. The van der Waals surface area contributed by atoms with E-state index < -0.39 is 0 Å². The Hall–Kier alpha value is -3.65. The van der Waals surface area contributed by atoms with E-state index in [1.807, 2.05) is 35.0 Å². The molecular formula is C24H26N6O2. The highest BCUT2D eigenvalue weighted by molar-refractivity contribution is 5.99. The first-order chi connectivity index (χ1) is 15.7. The molecule has 0 radical (unpaired) electrons. The Morgan fingerprint density at radius 2 is 1.75 bits per heavy atom. The molecule has 32 heavy (non-hydrogen) atoms. The Labute approximate surface area is 186 Å². The van der Waals surface area contributed by atoms with Crippen LogP contribution in [0.15, 0.2) is 54.6 Å². The Bertz CT molecular complexity index is 1200. The van der Waals surface area contributed by atoms with Gasteiger partial charge in [-0.2, -0.15) is 15.1 Å². The Morgan fingerprint density at radius 1 is 1.00 bits per heavy atom. The maximum atomic E-state index is 6.49. The lowest BCUT2D eigenvalue weighted by molar-refractivity contribution is 0.122. The highest BCUT2D eigenvalue weighted by Crippen LogP contribution is 2.33. The van der Waals surface area contributed by atoms with Gasteiger partial charge < -0.3 is 20.1 Å². The lowest BCUT2D eigenvalue weighted by Gasteiger charge is -2.26. The summed E-state index contributed by atoms with van der Waals surface area (Å²) in [5.41, 5.74) is 10.2. The molecule has 0 amide bonds. The van der Waals surface area contributed by atoms with Crippen LogP contribution < -0.4 is 15.4 Å². The summed E-state index contributed by atoms with van der Waals surface area (Å²) in [5.74, 6) is 1.86. The van der Waals surface area contributed by atoms with Crippen LogP contribution in [-0.2, 0) is 17.7 Å². The van der Waals surface area contributed by atoms with E-state index in [1.165, 1.54) is 5.56 Å². The normalized spacial score (nSPS) is 14.1. The van der Waals surface area contributed by atoms with E-state index in [1.54, 1.807) is 7.11 Å². The van der Waals surface area contributed by atoms with Gasteiger partial charge in [-0.15, -0.1) is 0 Å². The third-order valence-electron chi connectivity index (χ3n) is 5.72. The number of fused-ring (bicyclic) bond motifs is 1. The molecule has 2 aromatic carbocycles. The van der Waals surface area contributed by atoms with Gasteiger partial charge in [-0.3, -0.25) is 0 Å². The second kappa shape index (κ2) is 8.84. The van der Waals surface area contributed by atoms with E-state index in [0.717, 1.165) is 47.6 Å². The smallest absolute Gasteiger partial charge is 0.229 e. The molecule has 2 N–H and O–H groups in total. The van der Waals surface area contributed by atoms with E-state index in [-0.39, 0.29) is 0 Å². The molecule has 0 spiro atoms. The number of anilines is 2. The Balaban J connectivity index is 1.59. The third-order valence-corrected chi connectivity index (χ3v) is 5.72. The number of morpholine rings is 1. The molecule has 2 aromatic heterocycles. The summed E-state index contributed by atoms with van der Waals surface area (Å²) in [4.78, 5) is 11.7. The highest BCUT2D eigenvalue weighted by Gasteiger charge is 2.22. The summed E-state index contributed by atoms with van der Waals surface area (Å²) >= 11 is 0. The molecule has 1 aliphatic heterocycles. The number of rotatable bonds is 6. The van der Waals surface area contributed by atoms with Crippen LogP contribution in [0.5, 0.6) is 5.75 Å². The van der Waals surface area contributed by atoms with Gasteiger partial charge in [0.25, 0.3) is 0 Å². The van der Waals surface area contributed by atoms with Gasteiger partial charge in [0.1, 0.15) is 17.3 Å². The number of nitrogens with zero attached hydrogens (tertiary/aromatic N) is 5. The Kier molecular flexibility index (Phi) is 5.60. The fourth-order valence-electron chi connectivity index (χ4n) is 3.98. The van der Waals surface area contributed by atoms with Gasteiger partial charge in [0.2, 0.25) is 5.95 Å². The van der Waals surface area contributed by atoms with Crippen molar-refractivity contribution in [2.75, 3.05) is 44.0 Å². The number of benzene rings is 2. The standard InChI is InChI=1S/C24H26N6O2/c1-31-19-9-7-18(8-10-19)21-20-22(25)26-24(29-13-15-32-16-14-29)27-23(20)30(28-21)12-11-17-5-3-2-4-6-17/h2-10H,11-16H2,1H3,(H2,25,26,27). The fraction of sp³-hybridized carbons (Fsp3) is 0.292. The first-order valence-electron chi connectivity index (χ1n) is 10.8. The van der Waals surface area contributed by atoms with Crippen molar-refractivity contribution in [1.29, 1.82) is 0 Å². The second-order valence-corrected chi connectivity index (χ2v) is 7.74. The van der Waals surface area contributed by atoms with Crippen molar-refractivity contribution >= 4 is 22.8 Å². The maximum absolute atomic E-state index is 6.49. The van der Waals surface area contributed by atoms with Crippen molar-refractivity contribution in [2.24, 2.45) is 0 Å². The quantitative estimate of drug-likeness (QED) is 0.502. The van der Waals surface area contributed by atoms with Crippen LogP contribution in [0.4, 0.5) is 11.8 Å². The van der Waals surface area contributed by atoms with Crippen LogP contribution in [0.25, 0.3) is 22.3 Å². The zero-order valence-electron chi connectivity index (χ0n) is 18.1. The van der Waals surface area contributed by atoms with Crippen LogP contribution in [0, 0.1) is 0 Å². The summed E-state index contributed by atoms with van der Waals surface area (Å²) in [7, 11) is 1.65. The number of hydrogen-bond donors (Lipinski definition) is 1. The molecule has 5 rings (SSSR count). The molecule has 1 fully saturated rings. The van der Waals surface area contributed by atoms with Crippen LogP contribution >= 0.6 is 0 Å². The van der Waals surface area contributed by atoms with Crippen LogP contribution in [0.1, 0.15) is 5.56 Å². The number of hydrogen-bond acceptors (Lipinski definition) is 7. The first kappa shape index (κ1) is 20.3. The second-order valence-electron chi connectivity index (χ2n) is 7.74. The van der Waals surface area contributed by atoms with E-state index >= 15 is 0 Å². The lowest BCUT2D eigenvalue weighted by atomic mass is 10.1. The molecule has 164 valence electrons. The summed E-state index contributed by atoms with van der Waals surface area (Å²) < 4.78 is 12.7. The molecule has 1 saturated heterocycles. The highest BCUT2D eigenvalue weighted by atomic mass is 16.5. The van der Waals surface area contributed by atoms with E-state index in [4.69, 9.17) is 25.3 Å². The molecule has 4 aromatic rings. The van der Waals surface area contributed by atoms with Crippen LogP contribution in [-0.4, -0.2) is 53.2 Å². The number of nitrogens with two attached hydrogens (primary N) is 1. The van der Waals surface area contributed by atoms with Gasteiger partial charge in [-0.1, -0.05) is 30.3 Å². The van der Waals surface area contributed by atoms with Crippen molar-refractivity contribution in [3.63, 3.8) is 0 Å². The molecule has 8 nitrogen and oxygen atoms in total. The fourth-order valence-corrected chi connectivity index (χ4v) is 3.98. The number of ether oxygens (including phenoxy) is 2. The van der Waals surface area contributed by atoms with Crippen LogP contribution in [0.3, 0.4) is 0 Å². The molecule has 0 aliphatic carbocycles. The number of aryl methyl sites for hydroxylation is 2. The average Bonchev–Trinajstić information content (AvgIpc) is 3.23. The van der Waals surface area contributed by atoms with Gasteiger partial charge in [0.05, 0.1) is 25.7 Å². The lowest BCUT2D eigenvalue weighted by Crippen LogP contribution is -2.37. The molecule has 0 saturated carbocycles. The summed E-state index contributed by atoms with van der Waals surface area (Å²) in [6.07, 6.45) is 0.844. The maximum Gasteiger partial charge on any atom is 0.229 e. The van der Waals surface area contributed by atoms with E-state index in [9.17, 15) is 0 Å². The van der Waals surface area contributed by atoms with Crippen LogP contribution in [0.2, 0.25) is 0 Å². The molecule has 3 heterocycles. The van der Waals surface area contributed by atoms with Gasteiger partial charge in [-0.05, 0) is 36.2 Å². The van der Waals surface area contributed by atoms with Crippen molar-refractivity contribution < 1.29 is 9.47 Å². The van der Waals surface area contributed by atoms with Crippen molar-refractivity contribution in [1.82, 2.24) is 19.7 Å². The molecular weight excluding hydrogens is 404 g/mol. The first-order valence-corrected chi connectivity index (χ1v) is 10.8. The van der Waals surface area contributed by atoms with Gasteiger partial charge >= 0.3 is 0 Å². The monoisotopic (exact) mass is 430 g/mol. The number of nitrogen functional groups attached to an aromatic ring is 1. The predicted molar refractivity (Wildman–Crippen MR) is 125 cm³/mol. The zero-order chi connectivity index (χ0) is 21.9. The number of methoxy groups -OCH3 is 1. The zero-order valence-corrected chi connectivity index (χ0v) is 18.1. The van der Waals surface area contributed by atoms with Crippen molar-refractivity contribution in [2.45, 2.75) is 13.0 Å². The predicted octanol–water partition coefficient (Wildman–Crippen LogP) is 3.16. The SMILES string of the molecule is COc1ccc(-c2nn(CCc3ccccc3)c3nc(N4CCOCC4)nc(N)c23)cc1. The summed E-state index contributed by atoms with van der Waals surface area (Å²) in [6, 6.07) is 18.2. The topological polar surface area (TPSA) is 91.3 Å². The molecule has 1 aliphatic rings.